The summed E-state index contributed by atoms with van der Waals surface area (Å²) in [7, 11) is 1.92. The first kappa shape index (κ1) is 27.1. The van der Waals surface area contributed by atoms with Crippen molar-refractivity contribution in [2.75, 3.05) is 23.3 Å². The van der Waals surface area contributed by atoms with Crippen LogP contribution in [0.15, 0.2) is 67.8 Å². The number of rotatable bonds is 6. The number of hydrogen-bond acceptors (Lipinski definition) is 8. The fourth-order valence-corrected chi connectivity index (χ4v) is 5.56. The van der Waals surface area contributed by atoms with E-state index in [0.717, 1.165) is 16.9 Å². The molecule has 1 aliphatic heterocycles. The first-order valence-electron chi connectivity index (χ1n) is 13.7. The van der Waals surface area contributed by atoms with E-state index < -0.39 is 5.82 Å². The van der Waals surface area contributed by atoms with Crippen LogP contribution in [0.2, 0.25) is 0 Å². The molecule has 1 saturated heterocycles. The van der Waals surface area contributed by atoms with Gasteiger partial charge in [0, 0.05) is 43.9 Å². The molecule has 11 heteroatoms. The molecule has 0 spiro atoms. The Morgan fingerprint density at radius 1 is 1.07 bits per heavy atom. The van der Waals surface area contributed by atoms with Gasteiger partial charge in [-0.25, -0.2) is 24.3 Å². The van der Waals surface area contributed by atoms with Crippen molar-refractivity contribution >= 4 is 45.3 Å². The Morgan fingerprint density at radius 2 is 1.86 bits per heavy atom. The second kappa shape index (κ2) is 10.7. The quantitative estimate of drug-likeness (QED) is 0.269. The molecular formula is C31H31FN8O2. The Labute approximate surface area is 242 Å². The van der Waals surface area contributed by atoms with E-state index in [1.807, 2.05) is 60.7 Å². The van der Waals surface area contributed by atoms with E-state index in [2.05, 4.69) is 31.7 Å². The molecule has 3 aromatic heterocycles. The van der Waals surface area contributed by atoms with Crippen LogP contribution < -0.4 is 15.0 Å². The number of nitrogens with zero attached hydrogens (tertiary/aromatic N) is 7. The topological polar surface area (TPSA) is 101 Å². The number of aryl methyl sites for hydroxylation is 1. The zero-order valence-electron chi connectivity index (χ0n) is 23.9. The Bertz CT molecular complexity index is 1830. The Morgan fingerprint density at radius 3 is 2.62 bits per heavy atom. The van der Waals surface area contributed by atoms with Crippen LogP contribution >= 0.6 is 0 Å². The summed E-state index contributed by atoms with van der Waals surface area (Å²) in [6.45, 7) is 10.5. The lowest BCUT2D eigenvalue weighted by atomic mass is 10.1. The van der Waals surface area contributed by atoms with E-state index in [0.29, 0.717) is 47.0 Å². The third kappa shape index (κ3) is 4.87. The van der Waals surface area contributed by atoms with E-state index in [4.69, 9.17) is 9.72 Å². The summed E-state index contributed by atoms with van der Waals surface area (Å²) >= 11 is 0. The van der Waals surface area contributed by atoms with Crippen LogP contribution in [0.3, 0.4) is 0 Å². The number of benzene rings is 2. The number of anilines is 3. The number of carbonyl (C=O) groups is 1. The maximum absolute atomic E-state index is 15.6. The van der Waals surface area contributed by atoms with Gasteiger partial charge < -0.3 is 24.4 Å². The maximum atomic E-state index is 15.6. The van der Waals surface area contributed by atoms with Gasteiger partial charge in [0.15, 0.2) is 11.6 Å². The number of aromatic nitrogens is 5. The van der Waals surface area contributed by atoms with Crippen molar-refractivity contribution in [2.45, 2.75) is 32.9 Å². The molecule has 0 bridgehead atoms. The molecule has 0 saturated carbocycles. The average molecular weight is 567 g/mol. The standard InChI is InChI=1S/C31H31FN8O2/c1-6-28(41)40-18(2)14-39(15-19(40)3)27-12-9-23-30(37-27)31(34-16-33-23)36-22-8-11-26(20(4)29(22)32)42-21-7-10-25-24(13-21)35-17-38(25)5/h6-13,16-19H,1,14-15H2,2-5H3,(H,33,34,36)/t18-,19-/m1/s1. The van der Waals surface area contributed by atoms with Crippen molar-refractivity contribution in [1.82, 2.24) is 29.4 Å². The predicted molar refractivity (Wildman–Crippen MR) is 161 cm³/mol. The highest BCUT2D eigenvalue weighted by Crippen LogP contribution is 2.34. The van der Waals surface area contributed by atoms with Crippen LogP contribution in [-0.2, 0) is 11.8 Å². The van der Waals surface area contributed by atoms with Crippen molar-refractivity contribution in [3.05, 3.63) is 79.2 Å². The second-order valence-corrected chi connectivity index (χ2v) is 10.6. The van der Waals surface area contributed by atoms with Gasteiger partial charge in [-0.2, -0.15) is 0 Å². The van der Waals surface area contributed by atoms with Crippen LogP contribution in [0, 0.1) is 12.7 Å². The number of piperazine rings is 1. The molecule has 10 nitrogen and oxygen atoms in total. The molecule has 2 atom stereocenters. The van der Waals surface area contributed by atoms with Gasteiger partial charge in [0.1, 0.15) is 29.2 Å². The smallest absolute Gasteiger partial charge is 0.246 e. The summed E-state index contributed by atoms with van der Waals surface area (Å²) in [5.74, 6) is 1.55. The average Bonchev–Trinajstić information content (AvgIpc) is 3.35. The normalized spacial score (nSPS) is 17.1. The molecule has 6 rings (SSSR count). The Kier molecular flexibility index (Phi) is 6.93. The fourth-order valence-electron chi connectivity index (χ4n) is 5.56. The molecule has 0 unspecified atom stereocenters. The summed E-state index contributed by atoms with van der Waals surface area (Å²) in [6.07, 6.45) is 4.51. The minimum Gasteiger partial charge on any atom is -0.457 e. The summed E-state index contributed by atoms with van der Waals surface area (Å²) in [5, 5.41) is 3.11. The number of hydrogen-bond donors (Lipinski definition) is 1. The van der Waals surface area contributed by atoms with Crippen LogP contribution in [0.25, 0.3) is 22.1 Å². The fraction of sp³-hybridized carbons (Fsp3) is 0.258. The zero-order chi connectivity index (χ0) is 29.5. The maximum Gasteiger partial charge on any atom is 0.246 e. The molecule has 1 N–H and O–H groups in total. The van der Waals surface area contributed by atoms with Crippen LogP contribution in [0.1, 0.15) is 19.4 Å². The molecule has 42 heavy (non-hydrogen) atoms. The summed E-state index contributed by atoms with van der Waals surface area (Å²) in [6, 6.07) is 12.7. The van der Waals surface area contributed by atoms with Crippen LogP contribution in [0.5, 0.6) is 11.5 Å². The molecule has 214 valence electrons. The van der Waals surface area contributed by atoms with Crippen LogP contribution in [0.4, 0.5) is 21.7 Å². The van der Waals surface area contributed by atoms with E-state index in [1.165, 1.54) is 12.4 Å². The summed E-state index contributed by atoms with van der Waals surface area (Å²) in [4.78, 5) is 34.3. The Hall–Kier alpha value is -5.06. The molecule has 0 aliphatic carbocycles. The largest absolute Gasteiger partial charge is 0.457 e. The van der Waals surface area contributed by atoms with Gasteiger partial charge in [-0.05, 0) is 63.2 Å². The van der Waals surface area contributed by atoms with Crippen molar-refractivity contribution in [2.24, 2.45) is 7.05 Å². The van der Waals surface area contributed by atoms with Gasteiger partial charge in [-0.3, -0.25) is 4.79 Å². The number of nitrogens with one attached hydrogen (secondary N) is 1. The van der Waals surface area contributed by atoms with E-state index in [-0.39, 0.29) is 23.7 Å². The Balaban J connectivity index is 1.26. The first-order chi connectivity index (χ1) is 20.2. The number of fused-ring (bicyclic) bond motifs is 2. The first-order valence-corrected chi connectivity index (χ1v) is 13.7. The highest BCUT2D eigenvalue weighted by molar-refractivity contribution is 5.89. The minimum absolute atomic E-state index is 0.0231. The number of halogens is 1. The molecule has 4 heterocycles. The molecule has 1 amide bonds. The van der Waals surface area contributed by atoms with Gasteiger partial charge in [0.25, 0.3) is 0 Å². The highest BCUT2D eigenvalue weighted by atomic mass is 19.1. The molecule has 5 aromatic rings. The number of imidazole rings is 1. The van der Waals surface area contributed by atoms with Crippen molar-refractivity contribution in [3.8, 4) is 11.5 Å². The molecule has 1 fully saturated rings. The third-order valence-electron chi connectivity index (χ3n) is 7.65. The molecular weight excluding hydrogens is 535 g/mol. The summed E-state index contributed by atoms with van der Waals surface area (Å²) in [5.41, 5.74) is 3.51. The number of carbonyl (C=O) groups excluding carboxylic acids is 1. The zero-order valence-corrected chi connectivity index (χ0v) is 23.9. The van der Waals surface area contributed by atoms with Gasteiger partial charge >= 0.3 is 0 Å². The highest BCUT2D eigenvalue weighted by Gasteiger charge is 2.32. The SMILES string of the molecule is C=CC(=O)N1[C@H](C)CN(c2ccc3ncnc(Nc4ccc(Oc5ccc6c(c5)ncn6C)c(C)c4F)c3n2)C[C@H]1C. The lowest BCUT2D eigenvalue weighted by Crippen LogP contribution is -2.58. The van der Waals surface area contributed by atoms with Crippen molar-refractivity contribution in [3.63, 3.8) is 0 Å². The summed E-state index contributed by atoms with van der Waals surface area (Å²) < 4.78 is 23.6. The lowest BCUT2D eigenvalue weighted by Gasteiger charge is -2.44. The molecule has 2 aromatic carbocycles. The van der Waals surface area contributed by atoms with Gasteiger partial charge in [0.2, 0.25) is 5.91 Å². The minimum atomic E-state index is -0.458. The van der Waals surface area contributed by atoms with E-state index in [9.17, 15) is 4.79 Å². The number of ether oxygens (including phenoxy) is 1. The lowest BCUT2D eigenvalue weighted by molar-refractivity contribution is -0.130. The van der Waals surface area contributed by atoms with Gasteiger partial charge in [-0.1, -0.05) is 6.58 Å². The third-order valence-corrected chi connectivity index (χ3v) is 7.65. The van der Waals surface area contributed by atoms with Gasteiger partial charge in [-0.15, -0.1) is 0 Å². The predicted octanol–water partition coefficient (Wildman–Crippen LogP) is 5.51. The van der Waals surface area contributed by atoms with Crippen molar-refractivity contribution < 1.29 is 13.9 Å². The van der Waals surface area contributed by atoms with Gasteiger partial charge in [0.05, 0.1) is 28.6 Å². The van der Waals surface area contributed by atoms with Crippen molar-refractivity contribution in [1.29, 1.82) is 0 Å². The van der Waals surface area contributed by atoms with E-state index in [1.54, 1.807) is 25.4 Å². The molecule has 0 radical (unpaired) electrons. The number of amides is 1. The monoisotopic (exact) mass is 566 g/mol. The second-order valence-electron chi connectivity index (χ2n) is 10.6. The van der Waals surface area contributed by atoms with E-state index >= 15 is 4.39 Å². The van der Waals surface area contributed by atoms with Crippen LogP contribution in [-0.4, -0.2) is 60.5 Å². The number of pyridine rings is 1. The molecule has 1 aliphatic rings.